The Balaban J connectivity index is 3.08. The van der Waals surface area contributed by atoms with Crippen LogP contribution in [0.2, 0.25) is 0 Å². The van der Waals surface area contributed by atoms with Crippen LogP contribution in [0.5, 0.6) is 0 Å². The molecule has 1 heterocycles. The minimum absolute atomic E-state index is 0.343. The molecule has 0 amide bonds. The van der Waals surface area contributed by atoms with Crippen LogP contribution in [0.25, 0.3) is 0 Å². The number of rotatable bonds is 2. The summed E-state index contributed by atoms with van der Waals surface area (Å²) in [7, 11) is 0. The third kappa shape index (κ3) is 2.53. The molecule has 0 aliphatic rings. The molecule has 0 aliphatic heterocycles. The van der Waals surface area contributed by atoms with E-state index in [-0.39, 0.29) is 0 Å². The Bertz CT molecular complexity index is 402. The van der Waals surface area contributed by atoms with Crippen molar-refractivity contribution >= 4 is 11.7 Å². The zero-order valence-electron chi connectivity index (χ0n) is 10.5. The largest absolute Gasteiger partial charge is 0.455 e. The second-order valence-corrected chi connectivity index (χ2v) is 4.67. The summed E-state index contributed by atoms with van der Waals surface area (Å²) >= 11 is 0. The van der Waals surface area contributed by atoms with E-state index in [9.17, 15) is 4.79 Å². The summed E-state index contributed by atoms with van der Waals surface area (Å²) < 4.78 is 6.85. The van der Waals surface area contributed by atoms with E-state index in [0.29, 0.717) is 23.6 Å². The van der Waals surface area contributed by atoms with Crippen LogP contribution in [0.15, 0.2) is 0 Å². The van der Waals surface area contributed by atoms with Crippen molar-refractivity contribution in [2.45, 2.75) is 46.8 Å². The number of carbonyl (C=O) groups excluding carboxylic acids is 1. The van der Waals surface area contributed by atoms with Gasteiger partial charge in [0.1, 0.15) is 5.60 Å². The number of ether oxygens (including phenoxy) is 1. The first kappa shape index (κ1) is 12.5. The number of nitrogens with zero attached hydrogens (tertiary/aromatic N) is 2. The predicted octanol–water partition coefficient (Wildman–Crippen LogP) is 1.75. The van der Waals surface area contributed by atoms with Crippen LogP contribution < -0.4 is 5.73 Å². The summed E-state index contributed by atoms with van der Waals surface area (Å²) in [6.45, 7) is 9.73. The molecule has 1 aromatic heterocycles. The fourth-order valence-electron chi connectivity index (χ4n) is 1.37. The van der Waals surface area contributed by atoms with E-state index in [1.165, 1.54) is 0 Å². The monoisotopic (exact) mass is 225 g/mol. The molecule has 16 heavy (non-hydrogen) atoms. The van der Waals surface area contributed by atoms with Gasteiger partial charge in [0.2, 0.25) is 0 Å². The number of hydrogen-bond donors (Lipinski definition) is 1. The van der Waals surface area contributed by atoms with Gasteiger partial charge >= 0.3 is 5.97 Å². The van der Waals surface area contributed by atoms with E-state index < -0.39 is 11.6 Å². The maximum Gasteiger partial charge on any atom is 0.359 e. The molecule has 0 saturated carbocycles. The standard InChI is InChI=1S/C11H19N3O2/c1-6-14-9(8(12)7(2)13-14)10(15)16-11(3,4)5/h6,12H2,1-5H3. The number of hydrogen-bond acceptors (Lipinski definition) is 4. The Kier molecular flexibility index (Phi) is 3.26. The quantitative estimate of drug-likeness (QED) is 0.778. The van der Waals surface area contributed by atoms with E-state index in [2.05, 4.69) is 5.10 Å². The molecule has 0 spiro atoms. The molecule has 0 fully saturated rings. The van der Waals surface area contributed by atoms with E-state index in [1.54, 1.807) is 11.6 Å². The van der Waals surface area contributed by atoms with Gasteiger partial charge < -0.3 is 10.5 Å². The lowest BCUT2D eigenvalue weighted by Crippen LogP contribution is -2.26. The highest BCUT2D eigenvalue weighted by atomic mass is 16.6. The minimum Gasteiger partial charge on any atom is -0.455 e. The molecule has 5 nitrogen and oxygen atoms in total. The molecule has 2 N–H and O–H groups in total. The molecular weight excluding hydrogens is 206 g/mol. The van der Waals surface area contributed by atoms with E-state index >= 15 is 0 Å². The van der Waals surface area contributed by atoms with Crippen molar-refractivity contribution in [2.24, 2.45) is 0 Å². The average molecular weight is 225 g/mol. The third-order valence-electron chi connectivity index (χ3n) is 2.07. The van der Waals surface area contributed by atoms with Gasteiger partial charge in [-0.3, -0.25) is 4.68 Å². The maximum absolute atomic E-state index is 11.9. The average Bonchev–Trinajstić information content (AvgIpc) is 2.40. The second kappa shape index (κ2) is 4.15. The molecule has 1 aromatic rings. The highest BCUT2D eigenvalue weighted by Crippen LogP contribution is 2.20. The Morgan fingerprint density at radius 2 is 2.06 bits per heavy atom. The highest BCUT2D eigenvalue weighted by Gasteiger charge is 2.24. The van der Waals surface area contributed by atoms with Crippen LogP contribution in [0.4, 0.5) is 5.69 Å². The first-order chi connectivity index (χ1) is 7.26. The van der Waals surface area contributed by atoms with E-state index in [4.69, 9.17) is 10.5 Å². The molecule has 5 heteroatoms. The highest BCUT2D eigenvalue weighted by molar-refractivity contribution is 5.94. The van der Waals surface area contributed by atoms with Gasteiger partial charge in [0.25, 0.3) is 0 Å². The van der Waals surface area contributed by atoms with Crippen LogP contribution in [0.3, 0.4) is 0 Å². The van der Waals surface area contributed by atoms with Crippen molar-refractivity contribution in [1.29, 1.82) is 0 Å². The van der Waals surface area contributed by atoms with Crippen molar-refractivity contribution < 1.29 is 9.53 Å². The molecule has 1 rings (SSSR count). The number of nitrogens with two attached hydrogens (primary N) is 1. The third-order valence-corrected chi connectivity index (χ3v) is 2.07. The Labute approximate surface area is 95.6 Å². The van der Waals surface area contributed by atoms with Gasteiger partial charge in [-0.15, -0.1) is 0 Å². The predicted molar refractivity (Wildman–Crippen MR) is 62.2 cm³/mol. The first-order valence-corrected chi connectivity index (χ1v) is 5.32. The van der Waals surface area contributed by atoms with Crippen molar-refractivity contribution in [3.8, 4) is 0 Å². The van der Waals surface area contributed by atoms with Gasteiger partial charge in [-0.25, -0.2) is 4.79 Å². The number of esters is 1. The summed E-state index contributed by atoms with van der Waals surface area (Å²) in [5.41, 5.74) is 6.68. The number of aromatic nitrogens is 2. The molecule has 0 radical (unpaired) electrons. The van der Waals surface area contributed by atoms with Gasteiger partial charge in [-0.1, -0.05) is 0 Å². The van der Waals surface area contributed by atoms with Crippen molar-refractivity contribution in [3.63, 3.8) is 0 Å². The summed E-state index contributed by atoms with van der Waals surface area (Å²) in [4.78, 5) is 11.9. The molecule has 0 atom stereocenters. The summed E-state index contributed by atoms with van der Waals surface area (Å²) in [6, 6.07) is 0. The molecule has 0 aliphatic carbocycles. The Hall–Kier alpha value is -1.52. The lowest BCUT2D eigenvalue weighted by atomic mass is 10.2. The minimum atomic E-state index is -0.528. The van der Waals surface area contributed by atoms with E-state index in [0.717, 1.165) is 0 Å². The SMILES string of the molecule is CCn1nc(C)c(N)c1C(=O)OC(C)(C)C. The summed E-state index contributed by atoms with van der Waals surface area (Å²) in [6.07, 6.45) is 0. The van der Waals surface area contributed by atoms with Crippen LogP contribution >= 0.6 is 0 Å². The maximum atomic E-state index is 11.9. The number of nitrogen functional groups attached to an aromatic ring is 1. The second-order valence-electron chi connectivity index (χ2n) is 4.67. The van der Waals surface area contributed by atoms with Crippen molar-refractivity contribution in [3.05, 3.63) is 11.4 Å². The Morgan fingerprint density at radius 3 is 2.50 bits per heavy atom. The molecule has 0 bridgehead atoms. The fourth-order valence-corrected chi connectivity index (χ4v) is 1.37. The lowest BCUT2D eigenvalue weighted by molar-refractivity contribution is 0.00576. The molecule has 0 saturated heterocycles. The van der Waals surface area contributed by atoms with Crippen molar-refractivity contribution in [1.82, 2.24) is 9.78 Å². The van der Waals surface area contributed by atoms with Gasteiger partial charge in [-0.05, 0) is 34.6 Å². The van der Waals surface area contributed by atoms with Crippen molar-refractivity contribution in [2.75, 3.05) is 5.73 Å². The number of anilines is 1. The van der Waals surface area contributed by atoms with Crippen LogP contribution in [-0.4, -0.2) is 21.4 Å². The van der Waals surface area contributed by atoms with Gasteiger partial charge in [-0.2, -0.15) is 5.10 Å². The fraction of sp³-hybridized carbons (Fsp3) is 0.636. The van der Waals surface area contributed by atoms with Crippen LogP contribution in [-0.2, 0) is 11.3 Å². The summed E-state index contributed by atoms with van der Waals surface area (Å²) in [5.74, 6) is -0.424. The summed E-state index contributed by atoms with van der Waals surface area (Å²) in [5, 5.41) is 4.17. The van der Waals surface area contributed by atoms with Gasteiger partial charge in [0.05, 0.1) is 11.4 Å². The number of carbonyl (C=O) groups is 1. The zero-order chi connectivity index (χ0) is 12.5. The van der Waals surface area contributed by atoms with Gasteiger partial charge in [0, 0.05) is 6.54 Å². The molecule has 0 aromatic carbocycles. The van der Waals surface area contributed by atoms with Crippen LogP contribution in [0.1, 0.15) is 43.9 Å². The molecule has 90 valence electrons. The Morgan fingerprint density at radius 1 is 1.50 bits per heavy atom. The topological polar surface area (TPSA) is 70.1 Å². The van der Waals surface area contributed by atoms with E-state index in [1.807, 2.05) is 27.7 Å². The number of aryl methyl sites for hydroxylation is 2. The first-order valence-electron chi connectivity index (χ1n) is 5.32. The molecule has 0 unspecified atom stereocenters. The zero-order valence-corrected chi connectivity index (χ0v) is 10.5. The molecular formula is C11H19N3O2. The normalized spacial score (nSPS) is 11.6. The smallest absolute Gasteiger partial charge is 0.359 e. The lowest BCUT2D eigenvalue weighted by Gasteiger charge is -2.19. The van der Waals surface area contributed by atoms with Gasteiger partial charge in [0.15, 0.2) is 5.69 Å². The van der Waals surface area contributed by atoms with Crippen LogP contribution in [0, 0.1) is 6.92 Å².